The van der Waals surface area contributed by atoms with Crippen molar-refractivity contribution in [2.45, 2.75) is 31.9 Å². The zero-order valence-corrected chi connectivity index (χ0v) is 8.39. The number of hydrogen-bond donors (Lipinski definition) is 2. The molecule has 6 nitrogen and oxygen atoms in total. The zero-order chi connectivity index (χ0) is 10.7. The van der Waals surface area contributed by atoms with Crippen molar-refractivity contribution in [3.05, 3.63) is 11.9 Å². The molecule has 1 atom stereocenters. The van der Waals surface area contributed by atoms with Gasteiger partial charge in [-0.2, -0.15) is 15.4 Å². The molecule has 6 heteroatoms. The minimum absolute atomic E-state index is 0.0252. The maximum atomic E-state index is 11.5. The molecule has 0 saturated carbocycles. The lowest BCUT2D eigenvalue weighted by molar-refractivity contribution is -0.146. The van der Waals surface area contributed by atoms with Crippen molar-refractivity contribution >= 4 is 5.91 Å². The molecule has 0 aliphatic carbocycles. The van der Waals surface area contributed by atoms with Gasteiger partial charge in [0.2, 0.25) is 5.91 Å². The summed E-state index contributed by atoms with van der Waals surface area (Å²) in [6.45, 7) is 0.506. The molecule has 1 aliphatic rings. The second-order valence-electron chi connectivity index (χ2n) is 3.67. The first-order valence-electron chi connectivity index (χ1n) is 5.09. The molecule has 1 saturated heterocycles. The molecule has 1 unspecified atom stereocenters. The van der Waals surface area contributed by atoms with Crippen LogP contribution in [0.3, 0.4) is 0 Å². The quantitative estimate of drug-likeness (QED) is 0.716. The Morgan fingerprint density at radius 2 is 2.53 bits per heavy atom. The van der Waals surface area contributed by atoms with Gasteiger partial charge in [0.1, 0.15) is 6.23 Å². The molecule has 1 aromatic rings. The maximum Gasteiger partial charge on any atom is 0.224 e. The van der Waals surface area contributed by atoms with E-state index in [2.05, 4.69) is 15.4 Å². The van der Waals surface area contributed by atoms with Crippen LogP contribution in [0.2, 0.25) is 0 Å². The van der Waals surface area contributed by atoms with Crippen LogP contribution in [-0.2, 0) is 11.2 Å². The molecule has 2 rings (SSSR count). The van der Waals surface area contributed by atoms with E-state index in [9.17, 15) is 9.90 Å². The van der Waals surface area contributed by atoms with Gasteiger partial charge in [-0.05, 0) is 12.8 Å². The number of carbonyl (C=O) groups excluding carboxylic acids is 1. The minimum Gasteiger partial charge on any atom is -0.374 e. The van der Waals surface area contributed by atoms with Gasteiger partial charge in [0.25, 0.3) is 0 Å². The van der Waals surface area contributed by atoms with Gasteiger partial charge in [-0.25, -0.2) is 0 Å². The SMILES string of the molecule is O=C1CCCC(O)N1CCc1cn[nH]n1. The molecule has 1 fully saturated rings. The Morgan fingerprint density at radius 3 is 3.20 bits per heavy atom. The minimum atomic E-state index is -0.627. The third-order valence-electron chi connectivity index (χ3n) is 2.61. The Hall–Kier alpha value is -1.43. The summed E-state index contributed by atoms with van der Waals surface area (Å²) in [5.74, 6) is 0.0252. The Labute approximate surface area is 87.3 Å². The van der Waals surface area contributed by atoms with E-state index >= 15 is 0 Å². The summed E-state index contributed by atoms with van der Waals surface area (Å²) in [5, 5.41) is 19.7. The van der Waals surface area contributed by atoms with Crippen LogP contribution in [0.25, 0.3) is 0 Å². The monoisotopic (exact) mass is 210 g/mol. The highest BCUT2D eigenvalue weighted by Crippen LogP contribution is 2.16. The van der Waals surface area contributed by atoms with E-state index in [0.717, 1.165) is 12.1 Å². The molecular weight excluding hydrogens is 196 g/mol. The number of piperidine rings is 1. The lowest BCUT2D eigenvalue weighted by Gasteiger charge is -2.31. The Morgan fingerprint density at radius 1 is 1.67 bits per heavy atom. The van der Waals surface area contributed by atoms with Crippen molar-refractivity contribution in [3.63, 3.8) is 0 Å². The topological polar surface area (TPSA) is 82.1 Å². The maximum absolute atomic E-state index is 11.5. The molecule has 0 aromatic carbocycles. The number of aliphatic hydroxyl groups excluding tert-OH is 1. The molecule has 2 N–H and O–H groups in total. The van der Waals surface area contributed by atoms with Crippen LogP contribution in [0.5, 0.6) is 0 Å². The summed E-state index contributed by atoms with van der Waals surface area (Å²) in [7, 11) is 0. The van der Waals surface area contributed by atoms with E-state index in [0.29, 0.717) is 25.8 Å². The summed E-state index contributed by atoms with van der Waals surface area (Å²) in [5.41, 5.74) is 0.806. The second-order valence-corrected chi connectivity index (χ2v) is 3.67. The number of amides is 1. The van der Waals surface area contributed by atoms with Gasteiger partial charge in [-0.1, -0.05) is 0 Å². The number of hydrogen-bond acceptors (Lipinski definition) is 4. The van der Waals surface area contributed by atoms with Crippen molar-refractivity contribution in [2.24, 2.45) is 0 Å². The van der Waals surface area contributed by atoms with E-state index in [1.165, 1.54) is 4.90 Å². The number of aliphatic hydroxyl groups is 1. The first kappa shape index (κ1) is 10.1. The van der Waals surface area contributed by atoms with Crippen molar-refractivity contribution in [3.8, 4) is 0 Å². The lowest BCUT2D eigenvalue weighted by Crippen LogP contribution is -2.44. The van der Waals surface area contributed by atoms with Crippen LogP contribution in [0.4, 0.5) is 0 Å². The zero-order valence-electron chi connectivity index (χ0n) is 8.39. The first-order valence-corrected chi connectivity index (χ1v) is 5.09. The number of likely N-dealkylation sites (tertiary alicyclic amines) is 1. The van der Waals surface area contributed by atoms with Crippen LogP contribution in [0.15, 0.2) is 6.20 Å². The number of aromatic amines is 1. The third-order valence-corrected chi connectivity index (χ3v) is 2.61. The highest BCUT2D eigenvalue weighted by atomic mass is 16.3. The average molecular weight is 210 g/mol. The van der Waals surface area contributed by atoms with Gasteiger partial charge in [0.05, 0.1) is 11.9 Å². The van der Waals surface area contributed by atoms with Crippen LogP contribution >= 0.6 is 0 Å². The lowest BCUT2D eigenvalue weighted by atomic mass is 10.1. The fourth-order valence-electron chi connectivity index (χ4n) is 1.76. The fraction of sp³-hybridized carbons (Fsp3) is 0.667. The van der Waals surface area contributed by atoms with E-state index in [1.807, 2.05) is 0 Å². The summed E-state index contributed by atoms with van der Waals surface area (Å²) in [6.07, 6.45) is 3.61. The molecule has 0 bridgehead atoms. The Balaban J connectivity index is 1.89. The van der Waals surface area contributed by atoms with Crippen LogP contribution in [0.1, 0.15) is 25.0 Å². The molecule has 1 aromatic heterocycles. The van der Waals surface area contributed by atoms with Gasteiger partial charge < -0.3 is 10.0 Å². The largest absolute Gasteiger partial charge is 0.374 e. The number of nitrogens with zero attached hydrogens (tertiary/aromatic N) is 3. The van der Waals surface area contributed by atoms with Gasteiger partial charge in [-0.3, -0.25) is 4.79 Å². The second kappa shape index (κ2) is 4.39. The predicted molar refractivity (Wildman–Crippen MR) is 51.7 cm³/mol. The van der Waals surface area contributed by atoms with E-state index in [1.54, 1.807) is 6.20 Å². The molecule has 0 spiro atoms. The van der Waals surface area contributed by atoms with E-state index in [-0.39, 0.29) is 5.91 Å². The smallest absolute Gasteiger partial charge is 0.224 e. The highest BCUT2D eigenvalue weighted by molar-refractivity contribution is 5.77. The summed E-state index contributed by atoms with van der Waals surface area (Å²) in [4.78, 5) is 13.0. The van der Waals surface area contributed by atoms with Gasteiger partial charge >= 0.3 is 0 Å². The van der Waals surface area contributed by atoms with Gasteiger partial charge in [-0.15, -0.1) is 0 Å². The number of carbonyl (C=O) groups is 1. The number of H-pyrrole nitrogens is 1. The molecular formula is C9H14N4O2. The van der Waals surface area contributed by atoms with Gasteiger partial charge in [0, 0.05) is 19.4 Å². The first-order chi connectivity index (χ1) is 7.27. The molecule has 0 radical (unpaired) electrons. The number of nitrogens with one attached hydrogen (secondary N) is 1. The molecule has 1 aliphatic heterocycles. The standard InChI is InChI=1S/C9H14N4O2/c14-8-2-1-3-9(15)13(8)5-4-7-6-10-12-11-7/h6,8,14H,1-5H2,(H,10,11,12). The van der Waals surface area contributed by atoms with Crippen molar-refractivity contribution < 1.29 is 9.90 Å². The Kier molecular flexibility index (Phi) is 2.96. The summed E-state index contributed by atoms with van der Waals surface area (Å²) < 4.78 is 0. The Bertz CT molecular complexity index is 325. The van der Waals surface area contributed by atoms with E-state index < -0.39 is 6.23 Å². The molecule has 15 heavy (non-hydrogen) atoms. The van der Waals surface area contributed by atoms with Crippen LogP contribution in [0, 0.1) is 0 Å². The molecule has 82 valence electrons. The van der Waals surface area contributed by atoms with Gasteiger partial charge in [0.15, 0.2) is 0 Å². The summed E-state index contributed by atoms with van der Waals surface area (Å²) in [6, 6.07) is 0. The van der Waals surface area contributed by atoms with Crippen LogP contribution < -0.4 is 0 Å². The average Bonchev–Trinajstić information content (AvgIpc) is 2.70. The predicted octanol–water partition coefficient (Wildman–Crippen LogP) is -0.322. The highest BCUT2D eigenvalue weighted by Gasteiger charge is 2.25. The van der Waals surface area contributed by atoms with Crippen molar-refractivity contribution in [2.75, 3.05) is 6.54 Å². The fourth-order valence-corrected chi connectivity index (χ4v) is 1.76. The normalized spacial score (nSPS) is 22.1. The molecule has 2 heterocycles. The molecule has 1 amide bonds. The van der Waals surface area contributed by atoms with Crippen molar-refractivity contribution in [1.82, 2.24) is 20.3 Å². The third kappa shape index (κ3) is 2.33. The van der Waals surface area contributed by atoms with Crippen molar-refractivity contribution in [1.29, 1.82) is 0 Å². The number of rotatable bonds is 3. The number of aromatic nitrogens is 3. The van der Waals surface area contributed by atoms with E-state index in [4.69, 9.17) is 0 Å². The summed E-state index contributed by atoms with van der Waals surface area (Å²) >= 11 is 0. The van der Waals surface area contributed by atoms with Crippen LogP contribution in [-0.4, -0.2) is 44.1 Å².